The number of ether oxygens (including phenoxy) is 2. The van der Waals surface area contributed by atoms with Crippen LogP contribution in [-0.2, 0) is 43.0 Å². The van der Waals surface area contributed by atoms with Crippen LogP contribution in [0.5, 0.6) is 0 Å². The van der Waals surface area contributed by atoms with Gasteiger partial charge in [0.15, 0.2) is 0 Å². The first-order valence-electron chi connectivity index (χ1n) is 19.5. The van der Waals surface area contributed by atoms with Gasteiger partial charge in [0.25, 0.3) is 0 Å². The molecule has 1 aliphatic heterocycles. The molecule has 7 atom stereocenters. The van der Waals surface area contributed by atoms with E-state index in [-0.39, 0.29) is 96.5 Å². The molecule has 4 aliphatic rings. The van der Waals surface area contributed by atoms with E-state index in [0.717, 1.165) is 25.7 Å². The zero-order chi connectivity index (χ0) is 40.7. The number of hydrogen-bond acceptors (Lipinski definition) is 11. The van der Waals surface area contributed by atoms with Crippen molar-refractivity contribution in [2.24, 2.45) is 34.0 Å². The van der Waals surface area contributed by atoms with Crippen molar-refractivity contribution in [1.29, 1.82) is 0 Å². The number of thioether (sulfide) groups is 1. The first-order chi connectivity index (χ1) is 25.7. The zero-order valence-corrected chi connectivity index (χ0v) is 34.2. The van der Waals surface area contributed by atoms with Gasteiger partial charge in [0.1, 0.15) is 31.0 Å². The molecule has 0 aromatic carbocycles. The number of esters is 2. The Morgan fingerprint density at radius 2 is 1.64 bits per heavy atom. The lowest BCUT2D eigenvalue weighted by atomic mass is 9.96. The molecule has 16 heteroatoms. The van der Waals surface area contributed by atoms with Gasteiger partial charge in [0.05, 0.1) is 13.0 Å². The Hall–Kier alpha value is -3.66. The van der Waals surface area contributed by atoms with Gasteiger partial charge >= 0.3 is 11.9 Å². The predicted molar refractivity (Wildman–Crippen MR) is 205 cm³/mol. The van der Waals surface area contributed by atoms with Crippen LogP contribution in [0.3, 0.4) is 0 Å². The van der Waals surface area contributed by atoms with Gasteiger partial charge < -0.3 is 40.7 Å². The molecule has 5 N–H and O–H groups in total. The molecule has 0 spiro atoms. The van der Waals surface area contributed by atoms with Crippen LogP contribution in [0.1, 0.15) is 93.4 Å². The highest BCUT2D eigenvalue weighted by Crippen LogP contribution is 2.87. The fourth-order valence-electron chi connectivity index (χ4n) is 7.54. The maximum Gasteiger partial charge on any atom is 0.306 e. The van der Waals surface area contributed by atoms with Crippen molar-refractivity contribution in [2.45, 2.75) is 118 Å². The van der Waals surface area contributed by atoms with E-state index in [1.807, 2.05) is 13.8 Å². The van der Waals surface area contributed by atoms with Crippen LogP contribution in [0.25, 0.3) is 0 Å². The first kappa shape index (κ1) is 44.1. The maximum absolute atomic E-state index is 13.5. The third kappa shape index (κ3) is 12.9. The van der Waals surface area contributed by atoms with Crippen molar-refractivity contribution in [3.8, 4) is 0 Å². The summed E-state index contributed by atoms with van der Waals surface area (Å²) in [5.41, 5.74) is 0.0650. The lowest BCUT2D eigenvalue weighted by molar-refractivity contribution is -0.159. The summed E-state index contributed by atoms with van der Waals surface area (Å²) in [4.78, 5) is 90.3. The van der Waals surface area contributed by atoms with E-state index in [1.165, 1.54) is 35.7 Å². The van der Waals surface area contributed by atoms with Crippen molar-refractivity contribution >= 4 is 53.2 Å². The van der Waals surface area contributed by atoms with Gasteiger partial charge in [-0.3, -0.25) is 33.6 Å². The van der Waals surface area contributed by atoms with E-state index in [2.05, 4.69) is 49.0 Å². The molecule has 3 aliphatic carbocycles. The SMILES string of the molecule is CC(C)CC(C)CC(=O)OCC(CSCC(NC(=O)CC12CC1(C)C2)C(=O)NC(C)C(=O)NCC(=O)NCCN1C(=O)C=CC1O)OC(=O)CC1(C)CC1C. The van der Waals surface area contributed by atoms with Gasteiger partial charge in [-0.15, -0.1) is 0 Å². The molecule has 5 amide bonds. The number of nitrogens with one attached hydrogen (secondary N) is 4. The van der Waals surface area contributed by atoms with Gasteiger partial charge in [-0.25, -0.2) is 0 Å². The minimum Gasteiger partial charge on any atom is -0.462 e. The normalized spacial score (nSPS) is 27.9. The topological polar surface area (TPSA) is 210 Å². The summed E-state index contributed by atoms with van der Waals surface area (Å²) < 4.78 is 11.4. The van der Waals surface area contributed by atoms with Crippen molar-refractivity contribution in [3.63, 3.8) is 0 Å². The number of aliphatic hydroxyl groups excluding tert-OH is 1. The maximum atomic E-state index is 13.5. The zero-order valence-electron chi connectivity index (χ0n) is 33.4. The molecule has 308 valence electrons. The van der Waals surface area contributed by atoms with Crippen LogP contribution in [0.4, 0.5) is 0 Å². The highest BCUT2D eigenvalue weighted by atomic mass is 32.2. The number of rotatable bonds is 24. The van der Waals surface area contributed by atoms with Crippen molar-refractivity contribution in [3.05, 3.63) is 12.2 Å². The Morgan fingerprint density at radius 1 is 0.964 bits per heavy atom. The van der Waals surface area contributed by atoms with Crippen LogP contribution in [-0.4, -0.2) is 114 Å². The van der Waals surface area contributed by atoms with E-state index in [1.54, 1.807) is 0 Å². The smallest absolute Gasteiger partial charge is 0.306 e. The molecule has 3 fully saturated rings. The summed E-state index contributed by atoms with van der Waals surface area (Å²) in [6.45, 7) is 13.5. The molecule has 1 heterocycles. The van der Waals surface area contributed by atoms with E-state index in [9.17, 15) is 38.7 Å². The third-order valence-corrected chi connectivity index (χ3v) is 12.7. The van der Waals surface area contributed by atoms with Crippen LogP contribution in [0.15, 0.2) is 12.2 Å². The average molecular weight is 792 g/mol. The van der Waals surface area contributed by atoms with Crippen molar-refractivity contribution < 1.29 is 48.1 Å². The molecule has 7 unspecified atom stereocenters. The van der Waals surface area contributed by atoms with Crippen LogP contribution < -0.4 is 21.3 Å². The number of carbonyl (C=O) groups is 7. The van der Waals surface area contributed by atoms with Gasteiger partial charge in [-0.1, -0.05) is 41.5 Å². The van der Waals surface area contributed by atoms with Crippen molar-refractivity contribution in [1.82, 2.24) is 26.2 Å². The number of aliphatic hydroxyl groups is 1. The van der Waals surface area contributed by atoms with Gasteiger partial charge in [-0.05, 0) is 72.7 Å². The Labute approximate surface area is 328 Å². The summed E-state index contributed by atoms with van der Waals surface area (Å²) in [6, 6.07) is -2.09. The monoisotopic (exact) mass is 791 g/mol. The molecule has 3 saturated carbocycles. The highest BCUT2D eigenvalue weighted by Gasteiger charge is 2.79. The molecular weight excluding hydrogens is 731 g/mol. The molecule has 0 saturated heterocycles. The Kier molecular flexibility index (Phi) is 14.8. The van der Waals surface area contributed by atoms with Gasteiger partial charge in [0, 0.05) is 43.5 Å². The predicted octanol–water partition coefficient (Wildman–Crippen LogP) is 1.81. The molecule has 0 radical (unpaired) electrons. The quantitative estimate of drug-likeness (QED) is 0.0891. The number of amides is 5. The van der Waals surface area contributed by atoms with E-state index in [0.29, 0.717) is 18.3 Å². The summed E-state index contributed by atoms with van der Waals surface area (Å²) in [5.74, 6) is -1.89. The van der Waals surface area contributed by atoms with Crippen LogP contribution >= 0.6 is 11.8 Å². The second-order valence-electron chi connectivity index (χ2n) is 17.3. The first-order valence-corrected chi connectivity index (χ1v) is 20.6. The molecule has 4 rings (SSSR count). The number of fused-ring (bicyclic) bond motifs is 1. The Morgan fingerprint density at radius 3 is 2.22 bits per heavy atom. The average Bonchev–Trinajstić information content (AvgIpc) is 3.95. The largest absolute Gasteiger partial charge is 0.462 e. The second kappa shape index (κ2) is 18.5. The minimum absolute atomic E-state index is 0.00869. The van der Waals surface area contributed by atoms with Gasteiger partial charge in [0.2, 0.25) is 29.5 Å². The fourth-order valence-corrected chi connectivity index (χ4v) is 8.58. The standard InChI is InChI=1S/C39H61N5O10S/c1-23(2)12-24(3)13-33(49)53-18-27(54-34(50)16-37(6)14-25(37)4)19-55-20-28(43-29(45)15-39-21-38(39,7)22-39)36(52)42-26(5)35(51)41-17-30(46)40-10-11-44-31(47)8-9-32(44)48/h8-9,23-28,31,47H,10-22H2,1-7H3,(H,40,46)(H,41,51)(H,42,52)(H,43,45). The second-order valence-corrected chi connectivity index (χ2v) is 18.4. The molecule has 0 bridgehead atoms. The van der Waals surface area contributed by atoms with Crippen LogP contribution in [0.2, 0.25) is 0 Å². The summed E-state index contributed by atoms with van der Waals surface area (Å²) in [6.07, 6.45) is 5.30. The number of nitrogens with zero attached hydrogens (tertiary/aromatic N) is 1. The highest BCUT2D eigenvalue weighted by molar-refractivity contribution is 7.99. The lowest BCUT2D eigenvalue weighted by Gasteiger charge is -2.23. The molecule has 0 aromatic heterocycles. The Bertz CT molecular complexity index is 1500. The molecule has 0 aromatic rings. The fraction of sp³-hybridized carbons (Fsp3) is 0.769. The number of carbonyl (C=O) groups excluding carboxylic acids is 7. The molecular formula is C39H61N5O10S. The third-order valence-electron chi connectivity index (χ3n) is 11.6. The minimum atomic E-state index is -1.06. The van der Waals surface area contributed by atoms with Crippen molar-refractivity contribution in [2.75, 3.05) is 37.7 Å². The molecule has 55 heavy (non-hydrogen) atoms. The number of hydrogen-bond donors (Lipinski definition) is 5. The summed E-state index contributed by atoms with van der Waals surface area (Å²) >= 11 is 1.26. The lowest BCUT2D eigenvalue weighted by Crippen LogP contribution is -2.54. The summed E-state index contributed by atoms with van der Waals surface area (Å²) in [5, 5.41) is 20.3. The molecule has 15 nitrogen and oxygen atoms in total. The van der Waals surface area contributed by atoms with Crippen LogP contribution in [0, 0.1) is 34.0 Å². The summed E-state index contributed by atoms with van der Waals surface area (Å²) in [7, 11) is 0. The van der Waals surface area contributed by atoms with E-state index >= 15 is 0 Å². The van der Waals surface area contributed by atoms with Gasteiger partial charge in [-0.2, -0.15) is 11.8 Å². The Balaban J connectivity index is 1.29. The van der Waals surface area contributed by atoms with E-state index < -0.39 is 42.1 Å². The van der Waals surface area contributed by atoms with E-state index in [4.69, 9.17) is 9.47 Å².